The Bertz CT molecular complexity index is 273. The summed E-state index contributed by atoms with van der Waals surface area (Å²) in [6.07, 6.45) is 0.821. The number of amides is 1. The van der Waals surface area contributed by atoms with Crippen molar-refractivity contribution in [1.29, 1.82) is 0 Å². The van der Waals surface area contributed by atoms with Crippen LogP contribution in [0.1, 0.15) is 27.2 Å². The van der Waals surface area contributed by atoms with Gasteiger partial charge in [0.25, 0.3) is 0 Å². The van der Waals surface area contributed by atoms with Gasteiger partial charge >= 0.3 is 0 Å². The van der Waals surface area contributed by atoms with Gasteiger partial charge in [-0.15, -0.1) is 0 Å². The Morgan fingerprint density at radius 1 is 1.50 bits per heavy atom. The van der Waals surface area contributed by atoms with Crippen molar-refractivity contribution in [3.63, 3.8) is 0 Å². The minimum Gasteiger partial charge on any atom is -0.393 e. The lowest BCUT2D eigenvalue weighted by atomic mass is 10.0. The van der Waals surface area contributed by atoms with Crippen LogP contribution < -0.4 is 5.73 Å². The van der Waals surface area contributed by atoms with Gasteiger partial charge in [-0.1, -0.05) is 19.1 Å². The number of morpholine rings is 1. The van der Waals surface area contributed by atoms with Crippen molar-refractivity contribution in [1.82, 2.24) is 4.90 Å². The Morgan fingerprint density at radius 2 is 2.00 bits per heavy atom. The number of carbonyl (C=O) groups is 1. The zero-order chi connectivity index (χ0) is 12.3. The third-order valence-corrected chi connectivity index (χ3v) is 3.07. The van der Waals surface area contributed by atoms with Gasteiger partial charge in [0.1, 0.15) is 0 Å². The van der Waals surface area contributed by atoms with E-state index in [9.17, 15) is 4.79 Å². The standard InChI is InChI=1S/C11H20N2O2S/c1-4-9(10(12)16)11(14)13-5-7(2)15-8(3)6-13/h7-9H,4-6H2,1-3H3,(H2,12,16). The Balaban J connectivity index is 2.68. The van der Waals surface area contributed by atoms with Gasteiger partial charge in [-0.25, -0.2) is 0 Å². The number of rotatable bonds is 3. The monoisotopic (exact) mass is 244 g/mol. The summed E-state index contributed by atoms with van der Waals surface area (Å²) in [6.45, 7) is 7.12. The highest BCUT2D eigenvalue weighted by atomic mass is 32.1. The van der Waals surface area contributed by atoms with E-state index in [2.05, 4.69) is 0 Å². The maximum absolute atomic E-state index is 12.2. The number of nitrogens with zero attached hydrogens (tertiary/aromatic N) is 1. The third-order valence-electron chi connectivity index (χ3n) is 2.78. The third kappa shape index (κ3) is 3.15. The Hall–Kier alpha value is -0.680. The molecule has 16 heavy (non-hydrogen) atoms. The second-order valence-corrected chi connectivity index (χ2v) is 4.84. The van der Waals surface area contributed by atoms with Crippen LogP contribution in [0.25, 0.3) is 0 Å². The van der Waals surface area contributed by atoms with Crippen molar-refractivity contribution in [2.75, 3.05) is 13.1 Å². The molecule has 1 fully saturated rings. The topological polar surface area (TPSA) is 55.6 Å². The molecule has 1 heterocycles. The van der Waals surface area contributed by atoms with E-state index in [0.29, 0.717) is 24.5 Å². The molecule has 0 aromatic rings. The summed E-state index contributed by atoms with van der Waals surface area (Å²) < 4.78 is 5.58. The lowest BCUT2D eigenvalue weighted by Gasteiger charge is -2.36. The fraction of sp³-hybridized carbons (Fsp3) is 0.818. The molecule has 4 nitrogen and oxygen atoms in total. The number of hydrogen-bond acceptors (Lipinski definition) is 3. The number of hydrogen-bond donors (Lipinski definition) is 1. The first kappa shape index (κ1) is 13.4. The molecule has 1 rings (SSSR count). The highest BCUT2D eigenvalue weighted by molar-refractivity contribution is 7.80. The fourth-order valence-corrected chi connectivity index (χ4v) is 2.34. The molecule has 0 spiro atoms. The van der Waals surface area contributed by atoms with E-state index in [1.807, 2.05) is 25.7 Å². The van der Waals surface area contributed by atoms with Crippen LogP contribution >= 0.6 is 12.2 Å². The van der Waals surface area contributed by atoms with E-state index in [4.69, 9.17) is 22.7 Å². The highest BCUT2D eigenvalue weighted by Gasteiger charge is 2.30. The summed E-state index contributed by atoms with van der Waals surface area (Å²) in [5, 5.41) is 0. The highest BCUT2D eigenvalue weighted by Crippen LogP contribution is 2.15. The van der Waals surface area contributed by atoms with Gasteiger partial charge in [0.15, 0.2) is 0 Å². The van der Waals surface area contributed by atoms with E-state index in [-0.39, 0.29) is 24.0 Å². The molecule has 0 radical (unpaired) electrons. The molecular weight excluding hydrogens is 224 g/mol. The molecule has 2 N–H and O–H groups in total. The fourth-order valence-electron chi connectivity index (χ4n) is 2.08. The molecule has 0 aromatic carbocycles. The minimum atomic E-state index is -0.326. The van der Waals surface area contributed by atoms with Gasteiger partial charge in [-0.05, 0) is 20.3 Å². The second-order valence-electron chi connectivity index (χ2n) is 4.36. The van der Waals surface area contributed by atoms with E-state index in [1.54, 1.807) is 0 Å². The average molecular weight is 244 g/mol. The first-order valence-corrected chi connectivity index (χ1v) is 6.10. The van der Waals surface area contributed by atoms with Crippen LogP contribution in [0.15, 0.2) is 0 Å². The molecule has 1 saturated heterocycles. The molecule has 0 saturated carbocycles. The van der Waals surface area contributed by atoms with Crippen LogP contribution in [0.3, 0.4) is 0 Å². The Morgan fingerprint density at radius 3 is 2.38 bits per heavy atom. The second kappa shape index (κ2) is 5.59. The van der Waals surface area contributed by atoms with Crippen molar-refractivity contribution >= 4 is 23.1 Å². The number of carbonyl (C=O) groups excluding carboxylic acids is 1. The Kier molecular flexibility index (Phi) is 4.68. The molecule has 5 heteroatoms. The van der Waals surface area contributed by atoms with Gasteiger partial charge in [0, 0.05) is 13.1 Å². The van der Waals surface area contributed by atoms with Crippen LogP contribution in [0, 0.1) is 5.92 Å². The van der Waals surface area contributed by atoms with E-state index >= 15 is 0 Å². The lowest BCUT2D eigenvalue weighted by molar-refractivity contribution is -0.145. The van der Waals surface area contributed by atoms with Gasteiger partial charge in [0.2, 0.25) is 5.91 Å². The van der Waals surface area contributed by atoms with Gasteiger partial charge < -0.3 is 15.4 Å². The van der Waals surface area contributed by atoms with E-state index < -0.39 is 0 Å². The Labute approximate surface area is 102 Å². The van der Waals surface area contributed by atoms with Crippen molar-refractivity contribution in [3.05, 3.63) is 0 Å². The lowest BCUT2D eigenvalue weighted by Crippen LogP contribution is -2.51. The molecular formula is C11H20N2O2S. The summed E-state index contributed by atoms with van der Waals surface area (Å²) in [6, 6.07) is 0. The molecule has 1 aliphatic rings. The normalized spacial score (nSPS) is 27.6. The van der Waals surface area contributed by atoms with Crippen LogP contribution in [0.4, 0.5) is 0 Å². The maximum Gasteiger partial charge on any atom is 0.232 e. The molecule has 92 valence electrons. The van der Waals surface area contributed by atoms with E-state index in [1.165, 1.54) is 0 Å². The molecule has 3 atom stereocenters. The summed E-state index contributed by atoms with van der Waals surface area (Å²) >= 11 is 4.92. The molecule has 0 aromatic heterocycles. The predicted octanol–water partition coefficient (Wildman–Crippen LogP) is 0.935. The molecule has 1 amide bonds. The molecule has 3 unspecified atom stereocenters. The smallest absolute Gasteiger partial charge is 0.232 e. The quantitative estimate of drug-likeness (QED) is 0.751. The molecule has 1 aliphatic heterocycles. The summed E-state index contributed by atoms with van der Waals surface area (Å²) in [4.78, 5) is 14.3. The van der Waals surface area contributed by atoms with Crippen LogP contribution in [-0.2, 0) is 9.53 Å². The largest absolute Gasteiger partial charge is 0.393 e. The zero-order valence-electron chi connectivity index (χ0n) is 10.1. The van der Waals surface area contributed by atoms with Crippen LogP contribution in [0.5, 0.6) is 0 Å². The number of nitrogens with two attached hydrogens (primary N) is 1. The predicted molar refractivity (Wildman–Crippen MR) is 67.2 cm³/mol. The SMILES string of the molecule is CCC(C(=O)N1CC(C)OC(C)C1)C(N)=S. The summed E-state index contributed by atoms with van der Waals surface area (Å²) in [5.74, 6) is -0.288. The van der Waals surface area contributed by atoms with Crippen molar-refractivity contribution < 1.29 is 9.53 Å². The molecule has 0 aliphatic carbocycles. The van der Waals surface area contributed by atoms with E-state index in [0.717, 1.165) is 0 Å². The first-order valence-electron chi connectivity index (χ1n) is 5.69. The van der Waals surface area contributed by atoms with Gasteiger partial charge in [0.05, 0.1) is 23.1 Å². The minimum absolute atomic E-state index is 0.0389. The van der Waals surface area contributed by atoms with Gasteiger partial charge in [-0.3, -0.25) is 4.79 Å². The van der Waals surface area contributed by atoms with Gasteiger partial charge in [-0.2, -0.15) is 0 Å². The van der Waals surface area contributed by atoms with Crippen molar-refractivity contribution in [2.45, 2.75) is 39.4 Å². The zero-order valence-corrected chi connectivity index (χ0v) is 10.9. The van der Waals surface area contributed by atoms with Crippen molar-refractivity contribution in [2.24, 2.45) is 11.7 Å². The number of thiocarbonyl (C=S) groups is 1. The number of ether oxygens (including phenoxy) is 1. The average Bonchev–Trinajstić information content (AvgIpc) is 2.16. The maximum atomic E-state index is 12.2. The first-order chi connectivity index (χ1) is 7.45. The molecule has 0 bridgehead atoms. The van der Waals surface area contributed by atoms with Crippen LogP contribution in [0.2, 0.25) is 0 Å². The summed E-state index contributed by atoms with van der Waals surface area (Å²) in [7, 11) is 0. The van der Waals surface area contributed by atoms with Crippen molar-refractivity contribution in [3.8, 4) is 0 Å². The summed E-state index contributed by atoms with van der Waals surface area (Å²) in [5.41, 5.74) is 5.58. The van der Waals surface area contributed by atoms with Crippen LogP contribution in [-0.4, -0.2) is 41.1 Å².